The first-order valence-electron chi connectivity index (χ1n) is 7.93. The Morgan fingerprint density at radius 3 is 3.04 bits per heavy atom. The molecule has 0 bridgehead atoms. The minimum Gasteiger partial charge on any atom is -0.493 e. The first kappa shape index (κ1) is 16.8. The fourth-order valence-corrected chi connectivity index (χ4v) is 3.06. The van der Waals surface area contributed by atoms with Gasteiger partial charge in [0.05, 0.1) is 23.9 Å². The van der Waals surface area contributed by atoms with E-state index >= 15 is 0 Å². The first-order chi connectivity index (χ1) is 11.6. The Labute approximate surface area is 145 Å². The molecular weight excluding hydrogens is 330 g/mol. The average molecular weight is 350 g/mol. The summed E-state index contributed by atoms with van der Waals surface area (Å²) in [6, 6.07) is 6.81. The van der Waals surface area contributed by atoms with E-state index in [9.17, 15) is 4.79 Å². The Balaban J connectivity index is 1.78. The zero-order valence-electron chi connectivity index (χ0n) is 13.7. The highest BCUT2D eigenvalue weighted by Gasteiger charge is 2.33. The van der Waals surface area contributed by atoms with Gasteiger partial charge in [0.2, 0.25) is 0 Å². The number of hydrogen-bond acceptors (Lipinski definition) is 4. The third-order valence-electron chi connectivity index (χ3n) is 4.05. The first-order valence-corrected chi connectivity index (χ1v) is 8.30. The maximum absolute atomic E-state index is 12.7. The number of nitrogens with zero attached hydrogens (tertiary/aromatic N) is 2. The summed E-state index contributed by atoms with van der Waals surface area (Å²) in [7, 11) is 1.86. The number of ether oxygens (including phenoxy) is 2. The van der Waals surface area contributed by atoms with Crippen molar-refractivity contribution in [3.8, 4) is 5.75 Å². The van der Waals surface area contributed by atoms with Gasteiger partial charge in [-0.1, -0.05) is 11.6 Å². The predicted octanol–water partition coefficient (Wildman–Crippen LogP) is 2.73. The summed E-state index contributed by atoms with van der Waals surface area (Å²) in [5, 5.41) is 7.76. The van der Waals surface area contributed by atoms with Gasteiger partial charge < -0.3 is 14.8 Å². The maximum atomic E-state index is 12.7. The number of rotatable bonds is 5. The fraction of sp³-hybridized carbons (Fsp3) is 0.412. The lowest BCUT2D eigenvalue weighted by atomic mass is 10.1. The zero-order chi connectivity index (χ0) is 17.1. The average Bonchev–Trinajstić information content (AvgIpc) is 3.16. The number of aryl methyl sites for hydroxylation is 1. The van der Waals surface area contributed by atoms with Crippen molar-refractivity contribution in [1.29, 1.82) is 0 Å². The lowest BCUT2D eigenvalue weighted by molar-refractivity contribution is 0.0790. The third-order valence-corrected chi connectivity index (χ3v) is 4.28. The van der Waals surface area contributed by atoms with Crippen molar-refractivity contribution in [1.82, 2.24) is 15.1 Å². The molecule has 0 saturated carbocycles. The number of halogens is 1. The lowest BCUT2D eigenvalue weighted by Crippen LogP contribution is -2.37. The van der Waals surface area contributed by atoms with E-state index in [4.69, 9.17) is 21.1 Å². The zero-order valence-corrected chi connectivity index (χ0v) is 14.4. The highest BCUT2D eigenvalue weighted by molar-refractivity contribution is 6.30. The highest BCUT2D eigenvalue weighted by atomic mass is 35.5. The van der Waals surface area contributed by atoms with E-state index in [0.29, 0.717) is 29.5 Å². The number of hydrogen-bond donors (Lipinski definition) is 1. The van der Waals surface area contributed by atoms with Crippen LogP contribution in [0.3, 0.4) is 0 Å². The number of nitrogens with one attached hydrogen (secondary N) is 1. The van der Waals surface area contributed by atoms with Crippen LogP contribution in [-0.2, 0) is 11.8 Å². The minimum atomic E-state index is -0.204. The van der Waals surface area contributed by atoms with E-state index in [1.165, 1.54) is 0 Å². The molecule has 24 heavy (non-hydrogen) atoms. The topological polar surface area (TPSA) is 65.4 Å². The van der Waals surface area contributed by atoms with Gasteiger partial charge in [-0.15, -0.1) is 0 Å². The Bertz CT molecular complexity index is 732. The molecule has 6 nitrogen and oxygen atoms in total. The SMILES string of the molecule is CCOc1cc(Cl)ccc1C(=O)N[C@H]1CCO[C@@H]1c1ccnn1C. The summed E-state index contributed by atoms with van der Waals surface area (Å²) < 4.78 is 13.1. The molecule has 1 aromatic heterocycles. The highest BCUT2D eigenvalue weighted by Crippen LogP contribution is 2.30. The van der Waals surface area contributed by atoms with E-state index in [1.807, 2.05) is 20.0 Å². The van der Waals surface area contributed by atoms with E-state index in [0.717, 1.165) is 12.1 Å². The predicted molar refractivity (Wildman–Crippen MR) is 90.4 cm³/mol. The second-order valence-corrected chi connectivity index (χ2v) is 6.05. The molecule has 1 N–H and O–H groups in total. The molecule has 1 saturated heterocycles. The van der Waals surface area contributed by atoms with Gasteiger partial charge in [-0.2, -0.15) is 5.10 Å². The smallest absolute Gasteiger partial charge is 0.255 e. The molecule has 1 aliphatic heterocycles. The number of carbonyl (C=O) groups excluding carboxylic acids is 1. The molecule has 2 aromatic rings. The van der Waals surface area contributed by atoms with Crippen molar-refractivity contribution in [3.05, 3.63) is 46.7 Å². The van der Waals surface area contributed by atoms with Crippen LogP contribution in [0, 0.1) is 0 Å². The summed E-state index contributed by atoms with van der Waals surface area (Å²) in [4.78, 5) is 12.7. The summed E-state index contributed by atoms with van der Waals surface area (Å²) in [5.41, 5.74) is 1.41. The Morgan fingerprint density at radius 1 is 1.50 bits per heavy atom. The summed E-state index contributed by atoms with van der Waals surface area (Å²) in [6.45, 7) is 2.93. The van der Waals surface area contributed by atoms with Crippen molar-refractivity contribution in [3.63, 3.8) is 0 Å². The van der Waals surface area contributed by atoms with Crippen molar-refractivity contribution in [2.75, 3.05) is 13.2 Å². The van der Waals surface area contributed by atoms with Crippen LogP contribution in [0.5, 0.6) is 5.75 Å². The quantitative estimate of drug-likeness (QED) is 0.901. The number of benzene rings is 1. The van der Waals surface area contributed by atoms with Gasteiger partial charge in [0.1, 0.15) is 11.9 Å². The molecule has 7 heteroatoms. The lowest BCUT2D eigenvalue weighted by Gasteiger charge is -2.21. The largest absolute Gasteiger partial charge is 0.493 e. The Kier molecular flexibility index (Phi) is 5.06. The molecule has 3 rings (SSSR count). The second-order valence-electron chi connectivity index (χ2n) is 5.61. The molecule has 1 aliphatic rings. The number of carbonyl (C=O) groups is 1. The van der Waals surface area contributed by atoms with Crippen LogP contribution >= 0.6 is 11.6 Å². The normalized spacial score (nSPS) is 20.1. The van der Waals surface area contributed by atoms with Crippen LogP contribution in [0.1, 0.15) is 35.5 Å². The van der Waals surface area contributed by atoms with Crippen molar-refractivity contribution < 1.29 is 14.3 Å². The molecule has 128 valence electrons. The molecule has 2 atom stereocenters. The monoisotopic (exact) mass is 349 g/mol. The Morgan fingerprint density at radius 2 is 2.33 bits per heavy atom. The number of aromatic nitrogens is 2. The second kappa shape index (κ2) is 7.23. The summed E-state index contributed by atoms with van der Waals surface area (Å²) in [6.07, 6.45) is 2.27. The molecule has 2 heterocycles. The molecule has 1 fully saturated rings. The van der Waals surface area contributed by atoms with Crippen LogP contribution in [0.15, 0.2) is 30.5 Å². The van der Waals surface area contributed by atoms with Gasteiger partial charge in [-0.25, -0.2) is 0 Å². The fourth-order valence-electron chi connectivity index (χ4n) is 2.90. The van der Waals surface area contributed by atoms with Crippen molar-refractivity contribution in [2.45, 2.75) is 25.5 Å². The number of amides is 1. The van der Waals surface area contributed by atoms with E-state index in [2.05, 4.69) is 10.4 Å². The van der Waals surface area contributed by atoms with Crippen LogP contribution in [0.2, 0.25) is 5.02 Å². The van der Waals surface area contributed by atoms with Gasteiger partial charge in [0.15, 0.2) is 0 Å². The molecule has 0 unspecified atom stereocenters. The maximum Gasteiger partial charge on any atom is 0.255 e. The molecule has 1 aromatic carbocycles. The van der Waals surface area contributed by atoms with Gasteiger partial charge in [-0.05, 0) is 37.6 Å². The van der Waals surface area contributed by atoms with Crippen molar-refractivity contribution >= 4 is 17.5 Å². The van der Waals surface area contributed by atoms with E-state index in [1.54, 1.807) is 29.1 Å². The van der Waals surface area contributed by atoms with Crippen molar-refractivity contribution in [2.24, 2.45) is 7.05 Å². The van der Waals surface area contributed by atoms with Crippen LogP contribution in [0.4, 0.5) is 0 Å². The molecule has 0 radical (unpaired) electrons. The molecule has 0 spiro atoms. The van der Waals surface area contributed by atoms with Gasteiger partial charge in [-0.3, -0.25) is 9.48 Å². The van der Waals surface area contributed by atoms with Crippen LogP contribution in [-0.4, -0.2) is 34.9 Å². The van der Waals surface area contributed by atoms with E-state index in [-0.39, 0.29) is 18.1 Å². The molecule has 0 aliphatic carbocycles. The standard InChI is InChI=1S/C17H20ClN3O3/c1-3-23-15-10-11(18)4-5-12(15)17(22)20-13-7-9-24-16(13)14-6-8-19-21(14)2/h4-6,8,10,13,16H,3,7,9H2,1-2H3,(H,20,22)/t13-,16-/m0/s1. The van der Waals surface area contributed by atoms with Crippen LogP contribution < -0.4 is 10.1 Å². The summed E-state index contributed by atoms with van der Waals surface area (Å²) >= 11 is 5.99. The van der Waals surface area contributed by atoms with Gasteiger partial charge >= 0.3 is 0 Å². The summed E-state index contributed by atoms with van der Waals surface area (Å²) in [5.74, 6) is 0.288. The Hall–Kier alpha value is -2.05. The van der Waals surface area contributed by atoms with Gasteiger partial charge in [0, 0.05) is 24.9 Å². The van der Waals surface area contributed by atoms with E-state index < -0.39 is 0 Å². The van der Waals surface area contributed by atoms with Gasteiger partial charge in [0.25, 0.3) is 5.91 Å². The molecule has 1 amide bonds. The minimum absolute atomic E-state index is 0.113. The van der Waals surface area contributed by atoms with Crippen LogP contribution in [0.25, 0.3) is 0 Å². The third kappa shape index (κ3) is 3.39. The molecular formula is C17H20ClN3O3.